The minimum absolute atomic E-state index is 0.0179. The standard InChI is InChI=1S/C14H17N3O2/c1-14(7-2-9-16-14)13(18)17-11-3-5-12(6-4-11)19-10-8-15/h3-6,16H,2,7,9-10H2,1H3,(H,17,18). The summed E-state index contributed by atoms with van der Waals surface area (Å²) in [5, 5.41) is 14.5. The van der Waals surface area contributed by atoms with Gasteiger partial charge in [-0.15, -0.1) is 0 Å². The Morgan fingerprint density at radius 2 is 2.26 bits per heavy atom. The van der Waals surface area contributed by atoms with Gasteiger partial charge in [-0.2, -0.15) is 5.26 Å². The first kappa shape index (κ1) is 13.4. The third-order valence-corrected chi connectivity index (χ3v) is 3.29. The van der Waals surface area contributed by atoms with Crippen molar-refractivity contribution < 1.29 is 9.53 Å². The van der Waals surface area contributed by atoms with E-state index in [1.807, 2.05) is 13.0 Å². The van der Waals surface area contributed by atoms with Crippen molar-refractivity contribution >= 4 is 11.6 Å². The molecule has 1 aromatic carbocycles. The van der Waals surface area contributed by atoms with Crippen molar-refractivity contribution in [3.63, 3.8) is 0 Å². The van der Waals surface area contributed by atoms with Gasteiger partial charge in [0.15, 0.2) is 6.61 Å². The van der Waals surface area contributed by atoms with E-state index in [1.165, 1.54) is 0 Å². The first-order valence-corrected chi connectivity index (χ1v) is 6.30. The van der Waals surface area contributed by atoms with E-state index in [0.29, 0.717) is 5.75 Å². The monoisotopic (exact) mass is 259 g/mol. The van der Waals surface area contributed by atoms with Crippen LogP contribution in [-0.4, -0.2) is 24.6 Å². The molecule has 0 aliphatic carbocycles. The number of nitrogens with zero attached hydrogens (tertiary/aromatic N) is 1. The molecule has 1 amide bonds. The summed E-state index contributed by atoms with van der Waals surface area (Å²) >= 11 is 0. The third kappa shape index (κ3) is 3.24. The van der Waals surface area contributed by atoms with E-state index in [1.54, 1.807) is 24.3 Å². The number of carbonyl (C=O) groups is 1. The number of hydrogen-bond donors (Lipinski definition) is 2. The van der Waals surface area contributed by atoms with Crippen molar-refractivity contribution in [3.05, 3.63) is 24.3 Å². The van der Waals surface area contributed by atoms with Gasteiger partial charge in [0.2, 0.25) is 5.91 Å². The van der Waals surface area contributed by atoms with Crippen molar-refractivity contribution in [2.24, 2.45) is 0 Å². The van der Waals surface area contributed by atoms with E-state index < -0.39 is 5.54 Å². The summed E-state index contributed by atoms with van der Waals surface area (Å²) in [6.45, 7) is 2.82. The average Bonchev–Trinajstić information content (AvgIpc) is 2.86. The highest BCUT2D eigenvalue weighted by Gasteiger charge is 2.35. The Hall–Kier alpha value is -2.06. The maximum atomic E-state index is 12.1. The van der Waals surface area contributed by atoms with Gasteiger partial charge in [-0.25, -0.2) is 0 Å². The van der Waals surface area contributed by atoms with Gasteiger partial charge in [0.05, 0.1) is 5.54 Å². The predicted octanol–water partition coefficient (Wildman–Crippen LogP) is 1.67. The molecule has 1 aliphatic heterocycles. The Kier molecular flexibility index (Phi) is 4.03. The molecule has 1 atom stereocenters. The van der Waals surface area contributed by atoms with Crippen molar-refractivity contribution in [2.45, 2.75) is 25.3 Å². The lowest BCUT2D eigenvalue weighted by atomic mass is 9.99. The van der Waals surface area contributed by atoms with Gasteiger partial charge in [-0.05, 0) is 50.6 Å². The molecule has 1 aliphatic rings. The Balaban J connectivity index is 1.96. The molecule has 1 aromatic rings. The maximum Gasteiger partial charge on any atom is 0.244 e. The molecular formula is C14H17N3O2. The second kappa shape index (κ2) is 5.72. The lowest BCUT2D eigenvalue weighted by Crippen LogP contribution is -2.47. The summed E-state index contributed by atoms with van der Waals surface area (Å²) in [5.74, 6) is 0.598. The number of carbonyl (C=O) groups excluding carboxylic acids is 1. The molecule has 1 unspecified atom stereocenters. The zero-order chi connectivity index (χ0) is 13.7. The summed E-state index contributed by atoms with van der Waals surface area (Å²) in [6, 6.07) is 8.91. The van der Waals surface area contributed by atoms with Gasteiger partial charge in [0, 0.05) is 5.69 Å². The molecule has 0 bridgehead atoms. The summed E-state index contributed by atoms with van der Waals surface area (Å²) in [5.41, 5.74) is 0.250. The number of benzene rings is 1. The third-order valence-electron chi connectivity index (χ3n) is 3.29. The fourth-order valence-corrected chi connectivity index (χ4v) is 2.11. The molecule has 5 nitrogen and oxygen atoms in total. The second-order valence-electron chi connectivity index (χ2n) is 4.79. The highest BCUT2D eigenvalue weighted by molar-refractivity contribution is 5.98. The average molecular weight is 259 g/mol. The Morgan fingerprint density at radius 3 is 2.84 bits per heavy atom. The molecule has 5 heteroatoms. The molecular weight excluding hydrogens is 242 g/mol. The molecule has 0 spiro atoms. The maximum absolute atomic E-state index is 12.1. The molecule has 2 rings (SSSR count). The predicted molar refractivity (Wildman–Crippen MR) is 71.8 cm³/mol. The molecule has 1 heterocycles. The number of nitriles is 1. The van der Waals surface area contributed by atoms with Gasteiger partial charge < -0.3 is 15.4 Å². The van der Waals surface area contributed by atoms with Crippen LogP contribution in [0.4, 0.5) is 5.69 Å². The first-order chi connectivity index (χ1) is 9.14. The fraction of sp³-hybridized carbons (Fsp3) is 0.429. The van der Waals surface area contributed by atoms with Crippen molar-refractivity contribution in [2.75, 3.05) is 18.5 Å². The van der Waals surface area contributed by atoms with Gasteiger partial charge in [-0.3, -0.25) is 4.79 Å². The zero-order valence-electron chi connectivity index (χ0n) is 10.9. The van der Waals surface area contributed by atoms with Crippen LogP contribution in [0.1, 0.15) is 19.8 Å². The molecule has 0 aromatic heterocycles. The number of amides is 1. The van der Waals surface area contributed by atoms with Gasteiger partial charge in [0.25, 0.3) is 0 Å². The van der Waals surface area contributed by atoms with Crippen molar-refractivity contribution in [1.29, 1.82) is 5.26 Å². The molecule has 1 fully saturated rings. The first-order valence-electron chi connectivity index (χ1n) is 6.30. The van der Waals surface area contributed by atoms with Crippen LogP contribution in [0, 0.1) is 11.3 Å². The number of hydrogen-bond acceptors (Lipinski definition) is 4. The molecule has 1 saturated heterocycles. The van der Waals surface area contributed by atoms with E-state index in [2.05, 4.69) is 10.6 Å². The number of anilines is 1. The largest absolute Gasteiger partial charge is 0.479 e. The highest BCUT2D eigenvalue weighted by Crippen LogP contribution is 2.22. The smallest absolute Gasteiger partial charge is 0.244 e. The topological polar surface area (TPSA) is 74.1 Å². The number of nitrogens with one attached hydrogen (secondary N) is 2. The van der Waals surface area contributed by atoms with Crippen LogP contribution in [0.2, 0.25) is 0 Å². The quantitative estimate of drug-likeness (QED) is 0.862. The molecule has 100 valence electrons. The van der Waals surface area contributed by atoms with E-state index >= 15 is 0 Å². The molecule has 2 N–H and O–H groups in total. The Bertz CT molecular complexity index is 484. The molecule has 0 radical (unpaired) electrons. The van der Waals surface area contributed by atoms with Crippen molar-refractivity contribution in [1.82, 2.24) is 5.32 Å². The van der Waals surface area contributed by atoms with E-state index in [0.717, 1.165) is 25.1 Å². The lowest BCUT2D eigenvalue weighted by molar-refractivity contribution is -0.121. The fourth-order valence-electron chi connectivity index (χ4n) is 2.11. The minimum Gasteiger partial charge on any atom is -0.479 e. The van der Waals surface area contributed by atoms with Crippen LogP contribution >= 0.6 is 0 Å². The number of ether oxygens (including phenoxy) is 1. The van der Waals surface area contributed by atoms with Crippen molar-refractivity contribution in [3.8, 4) is 11.8 Å². The molecule has 19 heavy (non-hydrogen) atoms. The van der Waals surface area contributed by atoms with Crippen LogP contribution in [0.5, 0.6) is 5.75 Å². The van der Waals surface area contributed by atoms with Crippen LogP contribution in [-0.2, 0) is 4.79 Å². The highest BCUT2D eigenvalue weighted by atomic mass is 16.5. The van der Waals surface area contributed by atoms with Crippen LogP contribution in [0.3, 0.4) is 0 Å². The molecule has 0 saturated carbocycles. The lowest BCUT2D eigenvalue weighted by Gasteiger charge is -2.23. The summed E-state index contributed by atoms with van der Waals surface area (Å²) in [6.07, 6.45) is 1.87. The van der Waals surface area contributed by atoms with E-state index in [-0.39, 0.29) is 12.5 Å². The number of rotatable bonds is 4. The second-order valence-corrected chi connectivity index (χ2v) is 4.79. The normalized spacial score (nSPS) is 21.7. The zero-order valence-corrected chi connectivity index (χ0v) is 10.9. The van der Waals surface area contributed by atoms with Gasteiger partial charge in [0.1, 0.15) is 11.8 Å². The van der Waals surface area contributed by atoms with E-state index in [4.69, 9.17) is 10.00 Å². The van der Waals surface area contributed by atoms with Crippen LogP contribution in [0.25, 0.3) is 0 Å². The van der Waals surface area contributed by atoms with Crippen LogP contribution in [0.15, 0.2) is 24.3 Å². The summed E-state index contributed by atoms with van der Waals surface area (Å²) in [4.78, 5) is 12.1. The SMILES string of the molecule is CC1(C(=O)Nc2ccc(OCC#N)cc2)CCCN1. The summed E-state index contributed by atoms with van der Waals surface area (Å²) < 4.78 is 5.15. The van der Waals surface area contributed by atoms with Gasteiger partial charge in [-0.1, -0.05) is 0 Å². The Labute approximate surface area is 112 Å². The summed E-state index contributed by atoms with van der Waals surface area (Å²) in [7, 11) is 0. The minimum atomic E-state index is -0.476. The van der Waals surface area contributed by atoms with E-state index in [9.17, 15) is 4.79 Å². The van der Waals surface area contributed by atoms with Gasteiger partial charge >= 0.3 is 0 Å². The Morgan fingerprint density at radius 1 is 1.53 bits per heavy atom. The van der Waals surface area contributed by atoms with Crippen LogP contribution < -0.4 is 15.4 Å².